The van der Waals surface area contributed by atoms with E-state index >= 15 is 0 Å². The molecule has 3 rings (SSSR count). The first kappa shape index (κ1) is 18.5. The summed E-state index contributed by atoms with van der Waals surface area (Å²) in [6.07, 6.45) is 2.33. The summed E-state index contributed by atoms with van der Waals surface area (Å²) in [7, 11) is -0.394. The van der Waals surface area contributed by atoms with Gasteiger partial charge in [-0.2, -0.15) is 0 Å². The van der Waals surface area contributed by atoms with E-state index in [0.717, 1.165) is 31.6 Å². The van der Waals surface area contributed by atoms with Gasteiger partial charge < -0.3 is 14.4 Å². The molecule has 26 heavy (non-hydrogen) atoms. The molecule has 1 aliphatic rings. The van der Waals surface area contributed by atoms with Crippen LogP contribution in [0.15, 0.2) is 53.4 Å². The Bertz CT molecular complexity index is 829. The van der Waals surface area contributed by atoms with Gasteiger partial charge in [0.1, 0.15) is 5.75 Å². The van der Waals surface area contributed by atoms with Crippen molar-refractivity contribution in [3.8, 4) is 5.75 Å². The zero-order valence-electron chi connectivity index (χ0n) is 15.0. The molecular formula is C19H24N2O4S. The Hall–Kier alpha value is -2.25. The summed E-state index contributed by atoms with van der Waals surface area (Å²) >= 11 is 0. The maximum atomic E-state index is 12.5. The number of ether oxygens (including phenoxy) is 2. The van der Waals surface area contributed by atoms with Crippen LogP contribution in [0.5, 0.6) is 5.75 Å². The number of rotatable bonds is 6. The van der Waals surface area contributed by atoms with Gasteiger partial charge in [0, 0.05) is 37.6 Å². The Balaban J connectivity index is 1.69. The van der Waals surface area contributed by atoms with Crippen molar-refractivity contribution in [1.82, 2.24) is 0 Å². The third kappa shape index (κ3) is 4.28. The predicted molar refractivity (Wildman–Crippen MR) is 102 cm³/mol. The number of nitrogens with one attached hydrogen (secondary N) is 1. The van der Waals surface area contributed by atoms with Crippen molar-refractivity contribution in [3.63, 3.8) is 0 Å². The molecule has 1 aliphatic heterocycles. The van der Waals surface area contributed by atoms with Gasteiger partial charge in [-0.15, -0.1) is 0 Å². The molecule has 1 heterocycles. The lowest BCUT2D eigenvalue weighted by molar-refractivity contribution is 0.0819. The number of sulfonamides is 1. The van der Waals surface area contributed by atoms with E-state index in [2.05, 4.69) is 9.62 Å². The average Bonchev–Trinajstić information content (AvgIpc) is 2.68. The molecule has 2 aromatic rings. The normalized spacial score (nSPS) is 15.7. The molecule has 140 valence electrons. The summed E-state index contributed by atoms with van der Waals surface area (Å²) in [4.78, 5) is 2.46. The maximum absolute atomic E-state index is 12.5. The Morgan fingerprint density at radius 2 is 1.73 bits per heavy atom. The second-order valence-electron chi connectivity index (χ2n) is 6.25. The molecule has 0 aromatic heterocycles. The standard InChI is InChI=1S/C19H24N2O4S/c1-24-17-10-12-21(13-11-17)16-8-6-15(7-9-16)20-26(22,23)19-5-3-4-18(14-19)25-2/h3-9,14,17,20H,10-13H2,1-2H3. The summed E-state index contributed by atoms with van der Waals surface area (Å²) in [6.45, 7) is 1.88. The smallest absolute Gasteiger partial charge is 0.262 e. The lowest BCUT2D eigenvalue weighted by atomic mass is 10.1. The SMILES string of the molecule is COc1cccc(S(=O)(=O)Nc2ccc(N3CCC(OC)CC3)cc2)c1. The van der Waals surface area contributed by atoms with E-state index in [-0.39, 0.29) is 4.90 Å². The van der Waals surface area contributed by atoms with Crippen LogP contribution in [0.25, 0.3) is 0 Å². The number of hydrogen-bond acceptors (Lipinski definition) is 5. The maximum Gasteiger partial charge on any atom is 0.262 e. The van der Waals surface area contributed by atoms with Crippen molar-refractivity contribution in [2.75, 3.05) is 36.9 Å². The van der Waals surface area contributed by atoms with Crippen LogP contribution >= 0.6 is 0 Å². The molecule has 0 spiro atoms. The van der Waals surface area contributed by atoms with Crippen molar-refractivity contribution in [2.24, 2.45) is 0 Å². The van der Waals surface area contributed by atoms with Gasteiger partial charge in [-0.25, -0.2) is 8.42 Å². The largest absolute Gasteiger partial charge is 0.497 e. The van der Waals surface area contributed by atoms with Crippen LogP contribution in [0.3, 0.4) is 0 Å². The summed E-state index contributed by atoms with van der Waals surface area (Å²) in [5.74, 6) is 0.502. The molecule has 7 heteroatoms. The van der Waals surface area contributed by atoms with E-state index in [1.165, 1.54) is 13.2 Å². The monoisotopic (exact) mass is 376 g/mol. The Labute approximate surface area is 154 Å². The number of nitrogens with zero attached hydrogens (tertiary/aromatic N) is 1. The molecule has 0 bridgehead atoms. The highest BCUT2D eigenvalue weighted by Gasteiger charge is 2.19. The quantitative estimate of drug-likeness (QED) is 0.839. The second-order valence-corrected chi connectivity index (χ2v) is 7.94. The van der Waals surface area contributed by atoms with Crippen molar-refractivity contribution < 1.29 is 17.9 Å². The highest BCUT2D eigenvalue weighted by atomic mass is 32.2. The van der Waals surface area contributed by atoms with Crippen LogP contribution in [-0.2, 0) is 14.8 Å². The van der Waals surface area contributed by atoms with Crippen LogP contribution in [-0.4, -0.2) is 41.8 Å². The topological polar surface area (TPSA) is 67.9 Å². The fourth-order valence-electron chi connectivity index (χ4n) is 3.07. The van der Waals surface area contributed by atoms with Crippen LogP contribution < -0.4 is 14.4 Å². The van der Waals surface area contributed by atoms with Crippen LogP contribution in [0.2, 0.25) is 0 Å². The molecule has 0 atom stereocenters. The minimum absolute atomic E-state index is 0.169. The minimum Gasteiger partial charge on any atom is -0.497 e. The molecule has 2 aromatic carbocycles. The molecule has 0 saturated carbocycles. The van der Waals surface area contributed by atoms with Crippen LogP contribution in [0.4, 0.5) is 11.4 Å². The van der Waals surface area contributed by atoms with E-state index in [1.807, 2.05) is 12.1 Å². The molecule has 6 nitrogen and oxygen atoms in total. The highest BCUT2D eigenvalue weighted by Crippen LogP contribution is 2.25. The number of anilines is 2. The van der Waals surface area contributed by atoms with Gasteiger partial charge in [-0.1, -0.05) is 6.07 Å². The van der Waals surface area contributed by atoms with E-state index in [9.17, 15) is 8.42 Å². The number of hydrogen-bond donors (Lipinski definition) is 1. The zero-order valence-corrected chi connectivity index (χ0v) is 15.8. The average molecular weight is 376 g/mol. The van der Waals surface area contributed by atoms with Crippen LogP contribution in [0.1, 0.15) is 12.8 Å². The van der Waals surface area contributed by atoms with Gasteiger partial charge in [0.25, 0.3) is 10.0 Å². The molecule has 1 saturated heterocycles. The summed E-state index contributed by atoms with van der Waals surface area (Å²) in [6, 6.07) is 13.9. The van der Waals surface area contributed by atoms with Crippen molar-refractivity contribution in [3.05, 3.63) is 48.5 Å². The van der Waals surface area contributed by atoms with Gasteiger partial charge in [0.05, 0.1) is 18.1 Å². The number of methoxy groups -OCH3 is 2. The van der Waals surface area contributed by atoms with Crippen molar-refractivity contribution in [2.45, 2.75) is 23.8 Å². The summed E-state index contributed by atoms with van der Waals surface area (Å²) < 4.78 is 38.2. The lowest BCUT2D eigenvalue weighted by Gasteiger charge is -2.33. The number of piperidine rings is 1. The van der Waals surface area contributed by atoms with Gasteiger partial charge in [0.2, 0.25) is 0 Å². The van der Waals surface area contributed by atoms with E-state index in [1.54, 1.807) is 37.4 Å². The van der Waals surface area contributed by atoms with Gasteiger partial charge in [0.15, 0.2) is 0 Å². The first-order valence-corrected chi connectivity index (χ1v) is 10.0. The molecule has 0 unspecified atom stereocenters. The molecule has 1 fully saturated rings. The fourth-order valence-corrected chi connectivity index (χ4v) is 4.17. The molecule has 0 radical (unpaired) electrons. The summed E-state index contributed by atoms with van der Waals surface area (Å²) in [5.41, 5.74) is 1.62. The van der Waals surface area contributed by atoms with E-state index in [0.29, 0.717) is 17.5 Å². The first-order valence-electron chi connectivity index (χ1n) is 8.56. The first-order chi connectivity index (χ1) is 12.5. The molecular weight excluding hydrogens is 352 g/mol. The molecule has 0 aliphatic carbocycles. The third-order valence-corrected chi connectivity index (χ3v) is 5.99. The fraction of sp³-hybridized carbons (Fsp3) is 0.368. The van der Waals surface area contributed by atoms with E-state index < -0.39 is 10.0 Å². The Morgan fingerprint density at radius 3 is 2.35 bits per heavy atom. The highest BCUT2D eigenvalue weighted by molar-refractivity contribution is 7.92. The Morgan fingerprint density at radius 1 is 1.04 bits per heavy atom. The minimum atomic E-state index is -3.65. The summed E-state index contributed by atoms with van der Waals surface area (Å²) in [5, 5.41) is 0. The second kappa shape index (κ2) is 7.97. The van der Waals surface area contributed by atoms with Crippen LogP contribution in [0, 0.1) is 0 Å². The van der Waals surface area contributed by atoms with Crippen molar-refractivity contribution >= 4 is 21.4 Å². The Kier molecular flexibility index (Phi) is 5.68. The lowest BCUT2D eigenvalue weighted by Crippen LogP contribution is -2.36. The number of benzene rings is 2. The van der Waals surface area contributed by atoms with Crippen molar-refractivity contribution in [1.29, 1.82) is 0 Å². The van der Waals surface area contributed by atoms with E-state index in [4.69, 9.17) is 9.47 Å². The predicted octanol–water partition coefficient (Wildman–Crippen LogP) is 3.11. The van der Waals surface area contributed by atoms with Gasteiger partial charge in [-0.05, 0) is 49.2 Å². The zero-order chi connectivity index (χ0) is 18.6. The van der Waals surface area contributed by atoms with Gasteiger partial charge in [-0.3, -0.25) is 4.72 Å². The molecule has 0 amide bonds. The third-order valence-electron chi connectivity index (χ3n) is 4.61. The van der Waals surface area contributed by atoms with Gasteiger partial charge >= 0.3 is 0 Å². The molecule has 1 N–H and O–H groups in total.